The van der Waals surface area contributed by atoms with Crippen LogP contribution in [0.2, 0.25) is 0 Å². The van der Waals surface area contributed by atoms with Crippen molar-refractivity contribution in [3.63, 3.8) is 0 Å². The number of alkyl halides is 3. The molecule has 154 valence electrons. The number of para-hydroxylation sites is 2. The zero-order valence-electron chi connectivity index (χ0n) is 14.9. The minimum Gasteiger partial charge on any atom is -0.489 e. The summed E-state index contributed by atoms with van der Waals surface area (Å²) in [7, 11) is 0. The van der Waals surface area contributed by atoms with Crippen LogP contribution in [-0.4, -0.2) is 40.4 Å². The average molecular weight is 411 g/mol. The minimum atomic E-state index is -5.08. The van der Waals surface area contributed by atoms with Crippen LogP contribution in [0.4, 0.5) is 17.6 Å². The summed E-state index contributed by atoms with van der Waals surface area (Å²) in [6, 6.07) is 15.4. The maximum Gasteiger partial charge on any atom is 0.490 e. The minimum absolute atomic E-state index is 0.146. The lowest BCUT2D eigenvalue weighted by Crippen LogP contribution is -2.21. The Labute approximate surface area is 162 Å². The lowest BCUT2D eigenvalue weighted by atomic mass is 10.2. The summed E-state index contributed by atoms with van der Waals surface area (Å²) in [5.41, 5.74) is 8.69. The number of imidazole rings is 1. The van der Waals surface area contributed by atoms with Crippen LogP contribution in [0.3, 0.4) is 0 Å². The Morgan fingerprint density at radius 3 is 2.31 bits per heavy atom. The molecule has 6 nitrogen and oxygen atoms in total. The summed E-state index contributed by atoms with van der Waals surface area (Å²) in [4.78, 5) is 16.7. The molecule has 0 saturated carbocycles. The van der Waals surface area contributed by atoms with Crippen LogP contribution < -0.4 is 10.5 Å². The summed E-state index contributed by atoms with van der Waals surface area (Å²) < 4.78 is 49.6. The second-order valence-corrected chi connectivity index (χ2v) is 5.69. The first-order valence-electron chi connectivity index (χ1n) is 8.21. The van der Waals surface area contributed by atoms with E-state index in [2.05, 4.69) is 9.97 Å². The maximum absolute atomic E-state index is 12.4. The predicted octanol–water partition coefficient (Wildman–Crippen LogP) is 4.05. The van der Waals surface area contributed by atoms with Crippen LogP contribution in [0, 0.1) is 0 Å². The average Bonchev–Trinajstić information content (AvgIpc) is 3.13. The van der Waals surface area contributed by atoms with Crippen LogP contribution in [0.5, 0.6) is 5.75 Å². The number of carbonyl (C=O) groups is 1. The van der Waals surface area contributed by atoms with Crippen molar-refractivity contribution in [1.29, 1.82) is 0 Å². The Balaban J connectivity index is 0.000000370. The number of hydrogen-bond acceptors (Lipinski definition) is 4. The molecule has 0 aliphatic heterocycles. The predicted molar refractivity (Wildman–Crippen MR) is 99.0 cm³/mol. The first-order chi connectivity index (χ1) is 13.7. The van der Waals surface area contributed by atoms with E-state index in [1.54, 1.807) is 0 Å². The van der Waals surface area contributed by atoms with Crippen molar-refractivity contribution in [1.82, 2.24) is 9.97 Å². The monoisotopic (exact) mass is 411 g/mol. The first kappa shape index (κ1) is 21.9. The highest BCUT2D eigenvalue weighted by Gasteiger charge is 2.38. The van der Waals surface area contributed by atoms with Gasteiger partial charge >= 0.3 is 12.1 Å². The number of H-pyrrole nitrogens is 1. The Morgan fingerprint density at radius 1 is 1.17 bits per heavy atom. The number of carboxylic acids is 1. The quantitative estimate of drug-likeness (QED) is 0.550. The number of halogens is 4. The van der Waals surface area contributed by atoms with Gasteiger partial charge in [0.25, 0.3) is 0 Å². The number of fused-ring (bicyclic) bond motifs is 1. The molecule has 0 fully saturated rings. The summed E-state index contributed by atoms with van der Waals surface area (Å²) in [6.45, 7) is 0.296. The smallest absolute Gasteiger partial charge is 0.489 e. The number of ether oxygens (including phenoxy) is 1. The molecule has 0 unspecified atom stereocenters. The molecule has 1 heterocycles. The second kappa shape index (κ2) is 9.69. The van der Waals surface area contributed by atoms with Crippen LogP contribution in [0.1, 0.15) is 0 Å². The molecule has 0 aliphatic carbocycles. The van der Waals surface area contributed by atoms with Crippen LogP contribution in [0.25, 0.3) is 22.4 Å². The number of aliphatic carboxylic acids is 1. The van der Waals surface area contributed by atoms with Crippen molar-refractivity contribution in [3.05, 3.63) is 60.4 Å². The largest absolute Gasteiger partial charge is 0.490 e. The molecule has 3 aromatic rings. The Bertz CT molecular complexity index is 949. The Hall–Kier alpha value is -3.40. The van der Waals surface area contributed by atoms with E-state index in [1.807, 2.05) is 48.5 Å². The van der Waals surface area contributed by atoms with Crippen molar-refractivity contribution in [2.45, 2.75) is 6.18 Å². The standard InChI is InChI=1S/C17H16FN3O.C2HF3O2/c18-9-12(10-19)11-22-14-7-5-13(6-8-14)17-20-15-3-1-2-4-16(15)21-17;3-2(4,5)1(6)7/h1-9H,10-11,19H2,(H,20,21);(H,6,7)/b12-9-;. The molecule has 2 aromatic carbocycles. The molecule has 1 aromatic heterocycles. The fourth-order valence-electron chi connectivity index (χ4n) is 2.11. The molecule has 0 atom stereocenters. The van der Waals surface area contributed by atoms with E-state index >= 15 is 0 Å². The summed E-state index contributed by atoms with van der Waals surface area (Å²) in [5.74, 6) is -1.29. The van der Waals surface area contributed by atoms with Gasteiger partial charge in [0.15, 0.2) is 0 Å². The van der Waals surface area contributed by atoms with Gasteiger partial charge in [-0.25, -0.2) is 14.2 Å². The molecule has 0 bridgehead atoms. The molecule has 0 saturated heterocycles. The normalized spacial score (nSPS) is 11.7. The van der Waals surface area contributed by atoms with Gasteiger partial charge in [-0.1, -0.05) is 12.1 Å². The molecule has 0 amide bonds. The van der Waals surface area contributed by atoms with Crippen molar-refractivity contribution in [2.75, 3.05) is 13.2 Å². The third kappa shape index (κ3) is 6.32. The Kier molecular flexibility index (Phi) is 7.32. The van der Waals surface area contributed by atoms with E-state index in [-0.39, 0.29) is 13.2 Å². The molecule has 0 spiro atoms. The second-order valence-electron chi connectivity index (χ2n) is 5.69. The van der Waals surface area contributed by atoms with E-state index < -0.39 is 12.1 Å². The number of aromatic amines is 1. The highest BCUT2D eigenvalue weighted by atomic mass is 19.4. The molecule has 0 aliphatic rings. The third-order valence-electron chi connectivity index (χ3n) is 3.60. The summed E-state index contributed by atoms with van der Waals surface area (Å²) in [6.07, 6.45) is -4.59. The van der Waals surface area contributed by atoms with Gasteiger partial charge in [-0.2, -0.15) is 13.2 Å². The molecular weight excluding hydrogens is 394 g/mol. The molecule has 4 N–H and O–H groups in total. The van der Waals surface area contributed by atoms with Gasteiger partial charge in [0.1, 0.15) is 18.2 Å². The van der Waals surface area contributed by atoms with Gasteiger partial charge in [0.2, 0.25) is 0 Å². The molecule has 29 heavy (non-hydrogen) atoms. The van der Waals surface area contributed by atoms with Crippen molar-refractivity contribution in [3.8, 4) is 17.1 Å². The zero-order valence-corrected chi connectivity index (χ0v) is 14.9. The van der Waals surface area contributed by atoms with Crippen LogP contribution in [0.15, 0.2) is 60.4 Å². The topological polar surface area (TPSA) is 101 Å². The SMILES string of the molecule is NC/C(=C/F)COc1ccc(-c2nc3ccccc3[nH]2)cc1.O=C(O)C(F)(F)F. The molecule has 10 heteroatoms. The van der Waals surface area contributed by atoms with Crippen LogP contribution in [-0.2, 0) is 4.79 Å². The van der Waals surface area contributed by atoms with E-state index in [0.717, 1.165) is 22.4 Å². The highest BCUT2D eigenvalue weighted by molar-refractivity contribution is 5.79. The summed E-state index contributed by atoms with van der Waals surface area (Å²) in [5, 5.41) is 7.12. The van der Waals surface area contributed by atoms with E-state index in [9.17, 15) is 17.6 Å². The number of nitrogens with two attached hydrogens (primary N) is 1. The van der Waals surface area contributed by atoms with Crippen molar-refractivity contribution in [2.24, 2.45) is 5.73 Å². The highest BCUT2D eigenvalue weighted by Crippen LogP contribution is 2.23. The lowest BCUT2D eigenvalue weighted by molar-refractivity contribution is -0.192. The number of rotatable bonds is 5. The number of carboxylic acid groups (broad SMARTS) is 1. The molecule has 0 radical (unpaired) electrons. The number of hydrogen-bond donors (Lipinski definition) is 3. The molecule has 3 rings (SSSR count). The number of nitrogens with one attached hydrogen (secondary N) is 1. The van der Waals surface area contributed by atoms with Gasteiger partial charge in [0, 0.05) is 17.7 Å². The summed E-state index contributed by atoms with van der Waals surface area (Å²) >= 11 is 0. The number of aromatic nitrogens is 2. The fraction of sp³-hybridized carbons (Fsp3) is 0.158. The van der Waals surface area contributed by atoms with E-state index in [1.165, 1.54) is 0 Å². The molecular formula is C19H17F4N3O3. The van der Waals surface area contributed by atoms with Gasteiger partial charge in [0.05, 0.1) is 17.4 Å². The van der Waals surface area contributed by atoms with Gasteiger partial charge in [-0.05, 0) is 36.4 Å². The number of nitrogens with zero attached hydrogens (tertiary/aromatic N) is 1. The van der Waals surface area contributed by atoms with Crippen LogP contribution >= 0.6 is 0 Å². The van der Waals surface area contributed by atoms with Gasteiger partial charge in [-0.3, -0.25) is 0 Å². The van der Waals surface area contributed by atoms with E-state index in [0.29, 0.717) is 17.7 Å². The Morgan fingerprint density at radius 2 is 1.79 bits per heavy atom. The fourth-order valence-corrected chi connectivity index (χ4v) is 2.11. The lowest BCUT2D eigenvalue weighted by Gasteiger charge is -2.07. The van der Waals surface area contributed by atoms with Gasteiger partial charge < -0.3 is 20.6 Å². The van der Waals surface area contributed by atoms with Crippen molar-refractivity contribution < 1.29 is 32.2 Å². The number of benzene rings is 2. The maximum atomic E-state index is 12.4. The van der Waals surface area contributed by atoms with E-state index in [4.69, 9.17) is 20.4 Å². The first-order valence-corrected chi connectivity index (χ1v) is 8.21. The van der Waals surface area contributed by atoms with Crippen molar-refractivity contribution >= 4 is 17.0 Å². The zero-order chi connectivity index (χ0) is 21.4. The third-order valence-corrected chi connectivity index (χ3v) is 3.60. The van der Waals surface area contributed by atoms with Gasteiger partial charge in [-0.15, -0.1) is 0 Å².